The molecular formula is C21H29BCl2N2O5. The summed E-state index contributed by atoms with van der Waals surface area (Å²) >= 11 is 12.0. The van der Waals surface area contributed by atoms with E-state index >= 15 is 0 Å². The Kier molecular flexibility index (Phi) is 9.81. The number of benzene rings is 1. The molecule has 1 aliphatic heterocycles. The van der Waals surface area contributed by atoms with E-state index in [0.717, 1.165) is 0 Å². The number of rotatable bonds is 8. The highest BCUT2D eigenvalue weighted by Crippen LogP contribution is 2.28. The van der Waals surface area contributed by atoms with Crippen LogP contribution >= 0.6 is 23.2 Å². The minimum Gasteiger partial charge on any atom is -0.508 e. The molecule has 2 rings (SSSR count). The first kappa shape index (κ1) is 25.7. The smallest absolute Gasteiger partial charge is 0.508 e. The third kappa shape index (κ3) is 8.11. The summed E-state index contributed by atoms with van der Waals surface area (Å²) in [6.45, 7) is 7.89. The molecule has 1 saturated heterocycles. The highest BCUT2D eigenvalue weighted by Gasteiger charge is 2.38. The molecule has 1 amide bonds. The van der Waals surface area contributed by atoms with Gasteiger partial charge in [0.1, 0.15) is 6.04 Å². The lowest BCUT2D eigenvalue weighted by Crippen LogP contribution is -2.50. The Hall–Kier alpha value is -1.61. The Morgan fingerprint density at radius 1 is 1.29 bits per heavy atom. The average molecular weight is 471 g/mol. The van der Waals surface area contributed by atoms with Crippen LogP contribution in [0.1, 0.15) is 50.9 Å². The van der Waals surface area contributed by atoms with Crippen LogP contribution < -0.4 is 10.6 Å². The largest absolute Gasteiger partial charge is 0.531 e. The second kappa shape index (κ2) is 11.9. The summed E-state index contributed by atoms with van der Waals surface area (Å²) in [7, 11) is -0.816. The number of Topliss-reactive ketones (excluding diaryl/α,β-unsaturated/α-hetero) is 1. The Morgan fingerprint density at radius 2 is 2.00 bits per heavy atom. The highest BCUT2D eigenvalue weighted by atomic mass is 35.5. The van der Waals surface area contributed by atoms with Gasteiger partial charge >= 0.3 is 13.1 Å². The Morgan fingerprint density at radius 3 is 2.68 bits per heavy atom. The maximum atomic E-state index is 12.6. The number of ketones is 1. The fourth-order valence-electron chi connectivity index (χ4n) is 3.47. The van der Waals surface area contributed by atoms with Crippen LogP contribution in [0, 0.1) is 5.92 Å². The first-order valence-electron chi connectivity index (χ1n) is 10.4. The van der Waals surface area contributed by atoms with Gasteiger partial charge in [-0.15, -0.1) is 0 Å². The molecule has 7 nitrogen and oxygen atoms in total. The normalized spacial score (nSPS) is 20.6. The van der Waals surface area contributed by atoms with Gasteiger partial charge < -0.3 is 14.6 Å². The molecule has 0 aromatic heterocycles. The van der Waals surface area contributed by atoms with Crippen molar-refractivity contribution in [3.8, 4) is 0 Å². The van der Waals surface area contributed by atoms with Gasteiger partial charge in [-0.05, 0) is 44.4 Å². The summed E-state index contributed by atoms with van der Waals surface area (Å²) in [5.74, 6) is -1.15. The number of amides is 1. The van der Waals surface area contributed by atoms with E-state index in [4.69, 9.17) is 32.5 Å². The van der Waals surface area contributed by atoms with Crippen LogP contribution in [0.5, 0.6) is 0 Å². The fraction of sp³-hybridized carbons (Fsp3) is 0.571. The van der Waals surface area contributed by atoms with Crippen molar-refractivity contribution < 1.29 is 23.7 Å². The molecular weight excluding hydrogens is 442 g/mol. The molecule has 0 unspecified atom stereocenters. The molecule has 1 fully saturated rings. The minimum absolute atomic E-state index is 0.0255. The van der Waals surface area contributed by atoms with Gasteiger partial charge in [0, 0.05) is 29.9 Å². The lowest BCUT2D eigenvalue weighted by atomic mass is 9.65. The second-order valence-electron chi connectivity index (χ2n) is 8.37. The monoisotopic (exact) mass is 470 g/mol. The van der Waals surface area contributed by atoms with E-state index < -0.39 is 25.0 Å². The molecule has 0 aliphatic carbocycles. The first-order chi connectivity index (χ1) is 14.6. The van der Waals surface area contributed by atoms with E-state index in [1.165, 1.54) is 12.1 Å². The highest BCUT2D eigenvalue weighted by molar-refractivity contribution is 6.49. The molecule has 0 bridgehead atoms. The van der Waals surface area contributed by atoms with E-state index in [0.29, 0.717) is 18.1 Å². The van der Waals surface area contributed by atoms with E-state index in [1.54, 1.807) is 13.0 Å². The maximum Gasteiger partial charge on any atom is 0.531 e. The van der Waals surface area contributed by atoms with Gasteiger partial charge in [0.15, 0.2) is 5.78 Å². The molecule has 170 valence electrons. The summed E-state index contributed by atoms with van der Waals surface area (Å²) in [5, 5.41) is 6.30. The Bertz CT molecular complexity index is 808. The molecule has 0 saturated carbocycles. The Balaban J connectivity index is 2.02. The predicted octanol–water partition coefficient (Wildman–Crippen LogP) is 3.53. The van der Waals surface area contributed by atoms with E-state index in [1.807, 2.05) is 20.8 Å². The molecule has 31 heavy (non-hydrogen) atoms. The van der Waals surface area contributed by atoms with Crippen LogP contribution in [0.2, 0.25) is 15.9 Å². The van der Waals surface area contributed by atoms with Crippen molar-refractivity contribution in [2.24, 2.45) is 5.92 Å². The third-order valence-electron chi connectivity index (χ3n) is 4.90. The lowest BCUT2D eigenvalue weighted by Gasteiger charge is -2.30. The second-order valence-corrected chi connectivity index (χ2v) is 9.21. The fourth-order valence-corrected chi connectivity index (χ4v) is 3.85. The number of hydrogen-bond donors (Lipinski definition) is 2. The summed E-state index contributed by atoms with van der Waals surface area (Å²) in [4.78, 5) is 37.3. The molecule has 3 atom stereocenters. The van der Waals surface area contributed by atoms with Crippen molar-refractivity contribution in [2.45, 2.75) is 58.4 Å². The summed E-state index contributed by atoms with van der Waals surface area (Å²) in [6.07, 6.45) is 0.740. The Labute approximate surface area is 193 Å². The van der Waals surface area contributed by atoms with Gasteiger partial charge in [-0.1, -0.05) is 37.0 Å². The molecule has 10 heteroatoms. The van der Waals surface area contributed by atoms with Crippen LogP contribution in [0.25, 0.3) is 0 Å². The quantitative estimate of drug-likeness (QED) is 0.564. The van der Waals surface area contributed by atoms with Crippen LogP contribution in [0.15, 0.2) is 18.2 Å². The summed E-state index contributed by atoms with van der Waals surface area (Å²) in [6, 6.07) is 4.07. The van der Waals surface area contributed by atoms with Gasteiger partial charge in [-0.2, -0.15) is 0 Å². The molecule has 1 heterocycles. The van der Waals surface area contributed by atoms with Gasteiger partial charge in [0.05, 0.1) is 17.1 Å². The maximum absolute atomic E-state index is 12.6. The zero-order valence-corrected chi connectivity index (χ0v) is 19.8. The third-order valence-corrected chi connectivity index (χ3v) is 5.46. The minimum atomic E-state index is -0.816. The van der Waals surface area contributed by atoms with Crippen LogP contribution in [-0.4, -0.2) is 50.0 Å². The number of halogens is 2. The van der Waals surface area contributed by atoms with Crippen LogP contribution in [0.4, 0.5) is 0 Å². The predicted molar refractivity (Wildman–Crippen MR) is 121 cm³/mol. The summed E-state index contributed by atoms with van der Waals surface area (Å²) in [5.41, 5.74) is 0.202. The zero-order chi connectivity index (χ0) is 23.1. The molecule has 1 aromatic carbocycles. The SMILES string of the molecule is CC(C)C[C@H](CC(=O)CNC(=O)c1cc(Cl)ccc1Cl)B1OC[C@H](C)N[C@H](C)C(=O)O1. The average Bonchev–Trinajstić information content (AvgIpc) is 2.69. The van der Waals surface area contributed by atoms with Crippen molar-refractivity contribution in [3.63, 3.8) is 0 Å². The van der Waals surface area contributed by atoms with Gasteiger partial charge in [0.2, 0.25) is 0 Å². The van der Waals surface area contributed by atoms with E-state index in [2.05, 4.69) is 10.6 Å². The van der Waals surface area contributed by atoms with Crippen molar-refractivity contribution in [2.75, 3.05) is 13.2 Å². The summed E-state index contributed by atoms with van der Waals surface area (Å²) < 4.78 is 11.4. The molecule has 0 radical (unpaired) electrons. The first-order valence-corrected chi connectivity index (χ1v) is 11.2. The standard InChI is InChI=1S/C21H29BCl2N2O5/c1-12(2)7-15(22-30-11-13(3)26-14(4)21(29)31-22)8-17(27)10-25-20(28)18-9-16(23)5-6-19(18)24/h5-6,9,12-15,26H,7-8,10-11H2,1-4H3,(H,25,28)/t13-,14+,15+/m0/s1. The van der Waals surface area contributed by atoms with E-state index in [9.17, 15) is 14.4 Å². The number of nitrogens with one attached hydrogen (secondary N) is 2. The lowest BCUT2D eigenvalue weighted by molar-refractivity contribution is -0.139. The van der Waals surface area contributed by atoms with Crippen molar-refractivity contribution in [1.29, 1.82) is 0 Å². The molecule has 2 N–H and O–H groups in total. The van der Waals surface area contributed by atoms with Gasteiger partial charge in [0.25, 0.3) is 5.91 Å². The number of hydrogen-bond acceptors (Lipinski definition) is 6. The van der Waals surface area contributed by atoms with E-state index in [-0.39, 0.29) is 47.1 Å². The number of carbonyl (C=O) groups is 3. The van der Waals surface area contributed by atoms with Gasteiger partial charge in [-0.25, -0.2) is 0 Å². The zero-order valence-electron chi connectivity index (χ0n) is 18.2. The molecule has 0 spiro atoms. The molecule has 1 aliphatic rings. The van der Waals surface area contributed by atoms with Crippen molar-refractivity contribution >= 4 is 48.0 Å². The van der Waals surface area contributed by atoms with Crippen molar-refractivity contribution in [1.82, 2.24) is 10.6 Å². The van der Waals surface area contributed by atoms with Gasteiger partial charge in [-0.3, -0.25) is 19.7 Å². The molecule has 1 aromatic rings. The van der Waals surface area contributed by atoms with Crippen molar-refractivity contribution in [3.05, 3.63) is 33.8 Å². The van der Waals surface area contributed by atoms with Crippen LogP contribution in [0.3, 0.4) is 0 Å². The topological polar surface area (TPSA) is 93.7 Å². The van der Waals surface area contributed by atoms with Crippen LogP contribution in [-0.2, 0) is 18.9 Å². The number of carbonyl (C=O) groups excluding carboxylic acids is 3.